The first-order valence-corrected chi connectivity index (χ1v) is 5.89. The SMILES string of the molecule is C#CCCc1ccc(-c2ccc(C)cc2)cc1. The summed E-state index contributed by atoms with van der Waals surface area (Å²) in [6.07, 6.45) is 7.03. The predicted molar refractivity (Wildman–Crippen MR) is 73.8 cm³/mol. The molecule has 0 saturated carbocycles. The summed E-state index contributed by atoms with van der Waals surface area (Å²) in [5, 5.41) is 0. The summed E-state index contributed by atoms with van der Waals surface area (Å²) in [6.45, 7) is 2.10. The minimum absolute atomic E-state index is 0.809. The number of aryl methyl sites for hydroxylation is 2. The number of hydrogen-bond donors (Lipinski definition) is 0. The van der Waals surface area contributed by atoms with Gasteiger partial charge in [0.15, 0.2) is 0 Å². The van der Waals surface area contributed by atoms with Crippen molar-refractivity contribution in [2.45, 2.75) is 19.8 Å². The van der Waals surface area contributed by atoms with Crippen molar-refractivity contribution in [3.8, 4) is 23.5 Å². The molecular formula is C17H16. The van der Waals surface area contributed by atoms with Crippen molar-refractivity contribution in [3.05, 3.63) is 59.7 Å². The van der Waals surface area contributed by atoms with Crippen molar-refractivity contribution >= 4 is 0 Å². The molecule has 0 aliphatic carbocycles. The number of benzene rings is 2. The van der Waals surface area contributed by atoms with Crippen LogP contribution in [0.3, 0.4) is 0 Å². The molecule has 0 saturated heterocycles. The maximum absolute atomic E-state index is 5.26. The average Bonchev–Trinajstić information content (AvgIpc) is 2.38. The highest BCUT2D eigenvalue weighted by Crippen LogP contribution is 2.20. The van der Waals surface area contributed by atoms with Gasteiger partial charge in [0.2, 0.25) is 0 Å². The second kappa shape index (κ2) is 5.37. The molecule has 0 unspecified atom stereocenters. The van der Waals surface area contributed by atoms with E-state index in [0.29, 0.717) is 0 Å². The van der Waals surface area contributed by atoms with Crippen LogP contribution < -0.4 is 0 Å². The Labute approximate surface area is 103 Å². The van der Waals surface area contributed by atoms with Crippen molar-refractivity contribution < 1.29 is 0 Å². The standard InChI is InChI=1S/C17H16/c1-3-4-5-15-8-12-17(13-9-15)16-10-6-14(2)7-11-16/h1,6-13H,4-5H2,2H3. The zero-order valence-corrected chi connectivity index (χ0v) is 10.1. The van der Waals surface area contributed by atoms with Crippen LogP contribution in [0.2, 0.25) is 0 Å². The van der Waals surface area contributed by atoms with Gasteiger partial charge in [-0.3, -0.25) is 0 Å². The van der Waals surface area contributed by atoms with Gasteiger partial charge in [-0.2, -0.15) is 0 Å². The fourth-order valence-corrected chi connectivity index (χ4v) is 1.83. The zero-order chi connectivity index (χ0) is 12.1. The van der Waals surface area contributed by atoms with E-state index in [0.717, 1.165) is 12.8 Å². The van der Waals surface area contributed by atoms with Crippen LogP contribution in [0.1, 0.15) is 17.5 Å². The summed E-state index contributed by atoms with van der Waals surface area (Å²) in [5.74, 6) is 2.67. The van der Waals surface area contributed by atoms with E-state index in [1.165, 1.54) is 22.3 Å². The maximum atomic E-state index is 5.26. The van der Waals surface area contributed by atoms with E-state index in [1.807, 2.05) is 0 Å². The normalized spacial score (nSPS) is 9.88. The lowest BCUT2D eigenvalue weighted by molar-refractivity contribution is 1.03. The van der Waals surface area contributed by atoms with Crippen molar-refractivity contribution in [1.82, 2.24) is 0 Å². The van der Waals surface area contributed by atoms with Crippen molar-refractivity contribution in [2.75, 3.05) is 0 Å². The summed E-state index contributed by atoms with van der Waals surface area (Å²) in [4.78, 5) is 0. The highest BCUT2D eigenvalue weighted by atomic mass is 14.0. The second-order valence-corrected chi connectivity index (χ2v) is 4.27. The van der Waals surface area contributed by atoms with Crippen LogP contribution in [0.25, 0.3) is 11.1 Å². The van der Waals surface area contributed by atoms with Crippen LogP contribution in [-0.2, 0) is 6.42 Å². The third-order valence-electron chi connectivity index (χ3n) is 2.90. The molecule has 84 valence electrons. The number of hydrogen-bond acceptors (Lipinski definition) is 0. The Morgan fingerprint density at radius 2 is 1.41 bits per heavy atom. The van der Waals surface area contributed by atoms with E-state index in [9.17, 15) is 0 Å². The average molecular weight is 220 g/mol. The molecule has 0 aromatic heterocycles. The molecule has 0 radical (unpaired) electrons. The van der Waals surface area contributed by atoms with Gasteiger partial charge in [0.05, 0.1) is 0 Å². The summed E-state index contributed by atoms with van der Waals surface area (Å²) < 4.78 is 0. The minimum Gasteiger partial charge on any atom is -0.120 e. The Morgan fingerprint density at radius 3 is 1.94 bits per heavy atom. The summed E-state index contributed by atoms with van der Waals surface area (Å²) >= 11 is 0. The third-order valence-corrected chi connectivity index (χ3v) is 2.90. The number of terminal acetylenes is 1. The van der Waals surface area contributed by atoms with Gasteiger partial charge in [0, 0.05) is 6.42 Å². The lowest BCUT2D eigenvalue weighted by Gasteiger charge is -2.04. The molecule has 0 atom stereocenters. The molecule has 0 nitrogen and oxygen atoms in total. The lowest BCUT2D eigenvalue weighted by Crippen LogP contribution is -1.84. The van der Waals surface area contributed by atoms with Crippen LogP contribution in [0.15, 0.2) is 48.5 Å². The third kappa shape index (κ3) is 2.98. The van der Waals surface area contributed by atoms with Gasteiger partial charge in [-0.05, 0) is 30.0 Å². The molecule has 0 spiro atoms. The molecule has 0 heteroatoms. The van der Waals surface area contributed by atoms with E-state index in [-0.39, 0.29) is 0 Å². The Morgan fingerprint density at radius 1 is 0.882 bits per heavy atom. The molecule has 2 rings (SSSR count). The highest BCUT2D eigenvalue weighted by molar-refractivity contribution is 5.63. The van der Waals surface area contributed by atoms with Gasteiger partial charge in [0.1, 0.15) is 0 Å². The van der Waals surface area contributed by atoms with Crippen LogP contribution in [0, 0.1) is 19.3 Å². The van der Waals surface area contributed by atoms with Gasteiger partial charge in [-0.1, -0.05) is 54.1 Å². The van der Waals surface area contributed by atoms with E-state index in [1.54, 1.807) is 0 Å². The van der Waals surface area contributed by atoms with Gasteiger partial charge in [-0.25, -0.2) is 0 Å². The van der Waals surface area contributed by atoms with Crippen molar-refractivity contribution in [1.29, 1.82) is 0 Å². The molecule has 0 aliphatic heterocycles. The van der Waals surface area contributed by atoms with Gasteiger partial charge >= 0.3 is 0 Å². The molecule has 0 N–H and O–H groups in total. The molecule has 2 aromatic rings. The predicted octanol–water partition coefficient (Wildman–Crippen LogP) is 4.23. The van der Waals surface area contributed by atoms with Crippen LogP contribution in [0.4, 0.5) is 0 Å². The van der Waals surface area contributed by atoms with E-state index in [4.69, 9.17) is 6.42 Å². The molecule has 17 heavy (non-hydrogen) atoms. The van der Waals surface area contributed by atoms with Gasteiger partial charge in [0.25, 0.3) is 0 Å². The molecule has 0 amide bonds. The summed E-state index contributed by atoms with van der Waals surface area (Å²) in [5.41, 5.74) is 5.12. The second-order valence-electron chi connectivity index (χ2n) is 4.27. The van der Waals surface area contributed by atoms with E-state index >= 15 is 0 Å². The first kappa shape index (κ1) is 11.5. The minimum atomic E-state index is 0.809. The maximum Gasteiger partial charge on any atom is 0.0127 e. The fourth-order valence-electron chi connectivity index (χ4n) is 1.83. The van der Waals surface area contributed by atoms with Crippen LogP contribution >= 0.6 is 0 Å². The Balaban J connectivity index is 2.18. The summed E-state index contributed by atoms with van der Waals surface area (Å²) in [7, 11) is 0. The smallest absolute Gasteiger partial charge is 0.0127 e. The van der Waals surface area contributed by atoms with Crippen molar-refractivity contribution in [2.24, 2.45) is 0 Å². The highest BCUT2D eigenvalue weighted by Gasteiger charge is 1.97. The summed E-state index contributed by atoms with van der Waals surface area (Å²) in [6, 6.07) is 17.2. The fraction of sp³-hybridized carbons (Fsp3) is 0.176. The number of rotatable bonds is 3. The topological polar surface area (TPSA) is 0 Å². The Bertz CT molecular complexity index is 509. The van der Waals surface area contributed by atoms with Crippen LogP contribution in [0.5, 0.6) is 0 Å². The molecule has 0 fully saturated rings. The first-order valence-electron chi connectivity index (χ1n) is 5.89. The first-order chi connectivity index (χ1) is 8.29. The Hall–Kier alpha value is -2.00. The van der Waals surface area contributed by atoms with Crippen molar-refractivity contribution in [3.63, 3.8) is 0 Å². The Kier molecular flexibility index (Phi) is 3.62. The molecule has 0 heterocycles. The largest absolute Gasteiger partial charge is 0.120 e. The van der Waals surface area contributed by atoms with Gasteiger partial charge in [-0.15, -0.1) is 12.3 Å². The van der Waals surface area contributed by atoms with Crippen LogP contribution in [-0.4, -0.2) is 0 Å². The molecular weight excluding hydrogens is 204 g/mol. The quantitative estimate of drug-likeness (QED) is 0.679. The molecule has 2 aromatic carbocycles. The lowest BCUT2D eigenvalue weighted by atomic mass is 10.0. The monoisotopic (exact) mass is 220 g/mol. The van der Waals surface area contributed by atoms with E-state index < -0.39 is 0 Å². The zero-order valence-electron chi connectivity index (χ0n) is 10.1. The molecule has 0 bridgehead atoms. The van der Waals surface area contributed by atoms with E-state index in [2.05, 4.69) is 61.4 Å². The molecule has 0 aliphatic rings. The van der Waals surface area contributed by atoms with Gasteiger partial charge < -0.3 is 0 Å².